The predicted octanol–water partition coefficient (Wildman–Crippen LogP) is 24.6. The molecule has 0 bridgehead atoms. The van der Waals surface area contributed by atoms with Crippen LogP contribution in [0.15, 0.2) is 243 Å². The molecule has 0 saturated heterocycles. The molecule has 6 heteroatoms. The molecule has 97 heavy (non-hydrogen) atoms. The maximum Gasteiger partial charge on any atom is 0.161 e. The molecular weight excluding hydrogens is 1190 g/mol. The lowest BCUT2D eigenvalue weighted by molar-refractivity contribution is 0.217. The van der Waals surface area contributed by atoms with Crippen molar-refractivity contribution in [2.75, 3.05) is 37.2 Å². The lowest BCUT2D eigenvalue weighted by Crippen LogP contribution is -2.36. The highest BCUT2D eigenvalue weighted by molar-refractivity contribution is 5.91. The molecule has 0 saturated carbocycles. The fraction of sp³-hybridized carbons (Fsp3) is 0.275. The number of fused-ring (bicyclic) bond motifs is 6. The van der Waals surface area contributed by atoms with Gasteiger partial charge in [0.15, 0.2) is 11.5 Å². The van der Waals surface area contributed by atoms with E-state index in [-0.39, 0.29) is 5.41 Å². The molecule has 0 fully saturated rings. The standard InChI is InChI=1S/C91H94N2O4/c1-13-60(5)57-90(65(10)16-4)84-20-18-17-19-80(84)81-51-31-70(55-85(81)90)91(71-32-52-88(96-58-61(6)14-2)89(56-71)97-59-62(7)15-3)86-53-64(9)23-49-82(86)83-50-30-69(54-87(83)91)68-28-39-75(40-29-68)93(77-43-47-79(95-12)48-44-77)74-37-26-67(27-38-74)66-24-35-73(36-25-66)92(72-33-21-63(8)22-34-72)76-41-45-78(94-11)46-42-76/h17-56,60-62,65H,13-16,57-59H2,1-12H3. The number of ether oxygens (including phenoxy) is 4. The average molecular weight is 1280 g/mol. The molecule has 0 radical (unpaired) electrons. The molecule has 0 spiro atoms. The second kappa shape index (κ2) is 28.1. The lowest BCUT2D eigenvalue weighted by atomic mass is 9.62. The van der Waals surface area contributed by atoms with Gasteiger partial charge in [-0.05, 0) is 237 Å². The number of benzene rings is 11. The molecular formula is C91H94N2O4. The lowest BCUT2D eigenvalue weighted by Gasteiger charge is -2.41. The summed E-state index contributed by atoms with van der Waals surface area (Å²) in [5.41, 5.74) is 25.5. The zero-order valence-corrected chi connectivity index (χ0v) is 58.9. The van der Waals surface area contributed by atoms with Crippen molar-refractivity contribution in [1.82, 2.24) is 0 Å². The Bertz CT molecular complexity index is 4540. The zero-order valence-electron chi connectivity index (χ0n) is 58.9. The Morgan fingerprint density at radius 1 is 0.340 bits per heavy atom. The summed E-state index contributed by atoms with van der Waals surface area (Å²) in [5, 5.41) is 0. The van der Waals surface area contributed by atoms with Crippen LogP contribution in [0.25, 0.3) is 44.5 Å². The summed E-state index contributed by atoms with van der Waals surface area (Å²) in [7, 11) is 3.42. The monoisotopic (exact) mass is 1280 g/mol. The quantitative estimate of drug-likeness (QED) is 0.0568. The van der Waals surface area contributed by atoms with Crippen molar-refractivity contribution in [2.24, 2.45) is 23.7 Å². The molecule has 11 aromatic carbocycles. The number of anilines is 6. The molecule has 6 atom stereocenters. The van der Waals surface area contributed by atoms with Crippen molar-refractivity contribution < 1.29 is 18.9 Å². The van der Waals surface area contributed by atoms with Crippen LogP contribution in [-0.4, -0.2) is 27.4 Å². The predicted molar refractivity (Wildman–Crippen MR) is 406 cm³/mol. The summed E-state index contributed by atoms with van der Waals surface area (Å²) in [4.78, 5) is 4.62. The van der Waals surface area contributed by atoms with Crippen LogP contribution in [0.3, 0.4) is 0 Å². The summed E-state index contributed by atoms with van der Waals surface area (Å²) in [5.74, 6) is 4.92. The smallest absolute Gasteiger partial charge is 0.161 e. The number of hydrogen-bond donors (Lipinski definition) is 0. The van der Waals surface area contributed by atoms with Crippen molar-refractivity contribution in [3.05, 3.63) is 287 Å². The van der Waals surface area contributed by atoms with Gasteiger partial charge in [0.1, 0.15) is 11.5 Å². The molecule has 0 aromatic heterocycles. The third kappa shape index (κ3) is 12.4. The Morgan fingerprint density at radius 2 is 0.742 bits per heavy atom. The van der Waals surface area contributed by atoms with Gasteiger partial charge in [-0.2, -0.15) is 0 Å². The van der Waals surface area contributed by atoms with E-state index >= 15 is 0 Å². The van der Waals surface area contributed by atoms with Gasteiger partial charge in [-0.3, -0.25) is 0 Å². The van der Waals surface area contributed by atoms with Gasteiger partial charge in [0, 0.05) is 39.5 Å². The van der Waals surface area contributed by atoms with E-state index in [1.54, 1.807) is 14.2 Å². The van der Waals surface area contributed by atoms with Crippen molar-refractivity contribution in [2.45, 2.75) is 112 Å². The highest BCUT2D eigenvalue weighted by Crippen LogP contribution is 2.62. The van der Waals surface area contributed by atoms with Gasteiger partial charge < -0.3 is 28.7 Å². The molecule has 6 nitrogen and oxygen atoms in total. The molecule has 0 amide bonds. The van der Waals surface area contributed by atoms with E-state index < -0.39 is 5.41 Å². The van der Waals surface area contributed by atoms with E-state index in [1.165, 1.54) is 66.8 Å². The van der Waals surface area contributed by atoms with Gasteiger partial charge in [-0.25, -0.2) is 0 Å². The number of hydrogen-bond acceptors (Lipinski definition) is 6. The van der Waals surface area contributed by atoms with Crippen molar-refractivity contribution >= 4 is 34.1 Å². The van der Waals surface area contributed by atoms with Crippen LogP contribution >= 0.6 is 0 Å². The Labute approximate surface area is 577 Å². The molecule has 0 heterocycles. The van der Waals surface area contributed by atoms with Crippen LogP contribution in [0.5, 0.6) is 23.0 Å². The van der Waals surface area contributed by atoms with Crippen LogP contribution in [-0.2, 0) is 10.8 Å². The highest BCUT2D eigenvalue weighted by Gasteiger charge is 2.51. The van der Waals surface area contributed by atoms with Crippen LogP contribution in [0, 0.1) is 37.5 Å². The molecule has 2 aliphatic rings. The maximum atomic E-state index is 7.02. The molecule has 492 valence electrons. The van der Waals surface area contributed by atoms with Gasteiger partial charge in [0.2, 0.25) is 0 Å². The first-order valence-electron chi connectivity index (χ1n) is 35.4. The van der Waals surface area contributed by atoms with Gasteiger partial charge in [-0.15, -0.1) is 0 Å². The van der Waals surface area contributed by atoms with Crippen molar-refractivity contribution in [1.29, 1.82) is 0 Å². The molecule has 13 rings (SSSR count). The van der Waals surface area contributed by atoms with E-state index in [1.807, 2.05) is 24.3 Å². The minimum absolute atomic E-state index is 0.176. The summed E-state index contributed by atoms with van der Waals surface area (Å²) >= 11 is 0. The summed E-state index contributed by atoms with van der Waals surface area (Å²) in [6.07, 6.45) is 5.34. The first-order valence-corrected chi connectivity index (χ1v) is 35.4. The fourth-order valence-corrected chi connectivity index (χ4v) is 15.2. The summed E-state index contributed by atoms with van der Waals surface area (Å²) in [6, 6.07) is 90.5. The first kappa shape index (κ1) is 65.9. The maximum absolute atomic E-state index is 7.02. The van der Waals surface area contributed by atoms with E-state index in [0.29, 0.717) is 36.9 Å². The normalized spacial score (nSPS) is 16.2. The Kier molecular flexibility index (Phi) is 19.1. The largest absolute Gasteiger partial charge is 0.497 e. The van der Waals surface area contributed by atoms with Gasteiger partial charge in [-0.1, -0.05) is 220 Å². The molecule has 6 unspecified atom stereocenters. The minimum Gasteiger partial charge on any atom is -0.497 e. The molecule has 2 aliphatic carbocycles. The topological polar surface area (TPSA) is 43.4 Å². The van der Waals surface area contributed by atoms with E-state index in [4.69, 9.17) is 18.9 Å². The Hall–Kier alpha value is -9.78. The van der Waals surface area contributed by atoms with Crippen LogP contribution in [0.2, 0.25) is 0 Å². The van der Waals surface area contributed by atoms with Crippen molar-refractivity contribution in [3.8, 4) is 67.5 Å². The number of aryl methyl sites for hydroxylation is 2. The SMILES string of the molecule is CCC(C)COc1ccc(C2(c3ccc4c(c3)C(CC(C)CC)(C(C)CC)c3ccccc3-4)c3cc(C)ccc3-c3ccc(-c4ccc(N(c5ccc(OC)cc5)c5ccc(-c6ccc(N(c7ccc(C)cc7)c7ccc(OC)cc7)cc6)cc5)cc4)cc32)cc1OCC(C)CC. The van der Waals surface area contributed by atoms with Crippen LogP contribution < -0.4 is 28.7 Å². The first-order chi connectivity index (χ1) is 47.2. The third-order valence-electron chi connectivity index (χ3n) is 21.6. The second-order valence-corrected chi connectivity index (χ2v) is 27.7. The molecule has 0 N–H and O–H groups in total. The molecule has 11 aromatic rings. The Morgan fingerprint density at radius 3 is 1.26 bits per heavy atom. The van der Waals surface area contributed by atoms with E-state index in [2.05, 4.69) is 297 Å². The zero-order chi connectivity index (χ0) is 67.5. The second-order valence-electron chi connectivity index (χ2n) is 27.7. The summed E-state index contributed by atoms with van der Waals surface area (Å²) in [6.45, 7) is 24.3. The number of methoxy groups -OCH3 is 2. The third-order valence-corrected chi connectivity index (χ3v) is 21.6. The minimum atomic E-state index is -0.754. The summed E-state index contributed by atoms with van der Waals surface area (Å²) < 4.78 is 25.0. The van der Waals surface area contributed by atoms with E-state index in [0.717, 1.165) is 111 Å². The van der Waals surface area contributed by atoms with Gasteiger partial charge in [0.25, 0.3) is 0 Å². The fourth-order valence-electron chi connectivity index (χ4n) is 15.2. The van der Waals surface area contributed by atoms with Gasteiger partial charge in [0.05, 0.1) is 32.8 Å². The molecule has 0 aliphatic heterocycles. The number of rotatable bonds is 25. The Balaban J connectivity index is 0.926. The van der Waals surface area contributed by atoms with Gasteiger partial charge >= 0.3 is 0 Å². The van der Waals surface area contributed by atoms with Crippen molar-refractivity contribution in [3.63, 3.8) is 0 Å². The van der Waals surface area contributed by atoms with Crippen LogP contribution in [0.1, 0.15) is 132 Å². The van der Waals surface area contributed by atoms with E-state index in [9.17, 15) is 0 Å². The highest BCUT2D eigenvalue weighted by atomic mass is 16.5. The number of nitrogens with zero attached hydrogens (tertiary/aromatic N) is 2. The average Bonchev–Trinajstić information content (AvgIpc) is 1.54. The van der Waals surface area contributed by atoms with Crippen LogP contribution in [0.4, 0.5) is 34.1 Å².